The van der Waals surface area contributed by atoms with Gasteiger partial charge in [-0.1, -0.05) is 12.2 Å². The molecule has 0 aromatic rings. The molecule has 0 amide bonds. The molecule has 0 N–H and O–H groups in total. The monoisotopic (exact) mass is 136 g/mol. The summed E-state index contributed by atoms with van der Waals surface area (Å²) < 4.78 is 0. The summed E-state index contributed by atoms with van der Waals surface area (Å²) in [5.74, 6) is 1.97. The zero-order valence-electron chi connectivity index (χ0n) is 6.55. The Labute approximate surface area is 63.6 Å². The van der Waals surface area contributed by atoms with Gasteiger partial charge in [0.1, 0.15) is 0 Å². The Bertz CT molecular complexity index is 124. The molecular weight excluding hydrogens is 120 g/mol. The molecule has 1 aliphatic carbocycles. The Morgan fingerprint density at radius 3 is 2.60 bits per heavy atom. The van der Waals surface area contributed by atoms with Crippen molar-refractivity contribution < 1.29 is 0 Å². The molecule has 0 saturated heterocycles. The van der Waals surface area contributed by atoms with Crippen LogP contribution < -0.4 is 0 Å². The van der Waals surface area contributed by atoms with Crippen LogP contribution in [0.25, 0.3) is 0 Å². The lowest BCUT2D eigenvalue weighted by atomic mass is 10.1. The van der Waals surface area contributed by atoms with Crippen LogP contribution in [0.5, 0.6) is 0 Å². The highest BCUT2D eigenvalue weighted by Crippen LogP contribution is 2.44. The first-order valence-electron chi connectivity index (χ1n) is 4.10. The van der Waals surface area contributed by atoms with E-state index >= 15 is 0 Å². The van der Waals surface area contributed by atoms with Gasteiger partial charge in [-0.15, -0.1) is 13.2 Å². The molecule has 0 heteroatoms. The minimum absolute atomic E-state index is 0.970. The molecular formula is C10H16. The first kappa shape index (κ1) is 7.59. The molecule has 2 unspecified atom stereocenters. The highest BCUT2D eigenvalue weighted by Gasteiger charge is 2.34. The van der Waals surface area contributed by atoms with Crippen LogP contribution >= 0.6 is 0 Å². The van der Waals surface area contributed by atoms with E-state index in [1.54, 1.807) is 0 Å². The molecule has 0 aromatic carbocycles. The summed E-state index contributed by atoms with van der Waals surface area (Å²) in [6.07, 6.45) is 9.25. The zero-order chi connectivity index (χ0) is 7.40. The Balaban J connectivity index is 2.01. The first-order valence-corrected chi connectivity index (χ1v) is 4.10. The van der Waals surface area contributed by atoms with Crippen molar-refractivity contribution in [2.45, 2.75) is 25.7 Å². The molecule has 0 aromatic heterocycles. The van der Waals surface area contributed by atoms with Crippen molar-refractivity contribution >= 4 is 0 Å². The summed E-state index contributed by atoms with van der Waals surface area (Å²) in [6, 6.07) is 0. The molecule has 56 valence electrons. The predicted octanol–water partition coefficient (Wildman–Crippen LogP) is 3.16. The maximum absolute atomic E-state index is 3.74. The van der Waals surface area contributed by atoms with Crippen LogP contribution in [-0.4, -0.2) is 0 Å². The fourth-order valence-corrected chi connectivity index (χ4v) is 1.50. The molecule has 0 spiro atoms. The molecule has 10 heavy (non-hydrogen) atoms. The van der Waals surface area contributed by atoms with Crippen LogP contribution in [0.1, 0.15) is 25.7 Å². The average Bonchev–Trinajstić information content (AvgIpc) is 2.65. The lowest BCUT2D eigenvalue weighted by molar-refractivity contribution is 0.658. The summed E-state index contributed by atoms with van der Waals surface area (Å²) in [5.41, 5.74) is 0. The summed E-state index contributed by atoms with van der Waals surface area (Å²) in [4.78, 5) is 0. The SMILES string of the molecule is C=CCCC1CC1CC=C. The lowest BCUT2D eigenvalue weighted by Gasteiger charge is -1.92. The van der Waals surface area contributed by atoms with Crippen LogP contribution in [0.4, 0.5) is 0 Å². The Hall–Kier alpha value is -0.520. The van der Waals surface area contributed by atoms with E-state index in [0.29, 0.717) is 0 Å². The van der Waals surface area contributed by atoms with Crippen molar-refractivity contribution in [3.63, 3.8) is 0 Å². The van der Waals surface area contributed by atoms with E-state index in [2.05, 4.69) is 13.2 Å². The second kappa shape index (κ2) is 3.60. The van der Waals surface area contributed by atoms with Crippen LogP contribution in [-0.2, 0) is 0 Å². The third-order valence-corrected chi connectivity index (χ3v) is 2.28. The molecule has 1 fully saturated rings. The fraction of sp³-hybridized carbons (Fsp3) is 0.600. The maximum Gasteiger partial charge on any atom is -0.0322 e. The smallest absolute Gasteiger partial charge is 0.0322 e. The van der Waals surface area contributed by atoms with Gasteiger partial charge in [0.05, 0.1) is 0 Å². The van der Waals surface area contributed by atoms with Gasteiger partial charge in [0.2, 0.25) is 0 Å². The molecule has 1 saturated carbocycles. The van der Waals surface area contributed by atoms with E-state index in [1.807, 2.05) is 12.2 Å². The van der Waals surface area contributed by atoms with Gasteiger partial charge in [0, 0.05) is 0 Å². The lowest BCUT2D eigenvalue weighted by Crippen LogP contribution is -1.79. The second-order valence-corrected chi connectivity index (χ2v) is 3.15. The van der Waals surface area contributed by atoms with Gasteiger partial charge in [-0.2, -0.15) is 0 Å². The Morgan fingerprint density at radius 1 is 1.20 bits per heavy atom. The van der Waals surface area contributed by atoms with Crippen molar-refractivity contribution in [1.82, 2.24) is 0 Å². The van der Waals surface area contributed by atoms with E-state index < -0.39 is 0 Å². The molecule has 0 aliphatic heterocycles. The van der Waals surface area contributed by atoms with Crippen LogP contribution in [0.3, 0.4) is 0 Å². The molecule has 1 rings (SSSR count). The van der Waals surface area contributed by atoms with E-state index in [-0.39, 0.29) is 0 Å². The van der Waals surface area contributed by atoms with Gasteiger partial charge in [-0.05, 0) is 37.5 Å². The summed E-state index contributed by atoms with van der Waals surface area (Å²) >= 11 is 0. The van der Waals surface area contributed by atoms with Gasteiger partial charge >= 0.3 is 0 Å². The number of rotatable bonds is 5. The van der Waals surface area contributed by atoms with Crippen molar-refractivity contribution in [3.05, 3.63) is 25.3 Å². The fourth-order valence-electron chi connectivity index (χ4n) is 1.50. The van der Waals surface area contributed by atoms with E-state index in [4.69, 9.17) is 0 Å². The van der Waals surface area contributed by atoms with Crippen LogP contribution in [0, 0.1) is 11.8 Å². The average molecular weight is 136 g/mol. The molecule has 1 aliphatic rings. The Kier molecular flexibility index (Phi) is 2.73. The number of hydrogen-bond donors (Lipinski definition) is 0. The quantitative estimate of drug-likeness (QED) is 0.509. The third kappa shape index (κ3) is 2.02. The maximum atomic E-state index is 3.74. The van der Waals surface area contributed by atoms with E-state index in [0.717, 1.165) is 11.8 Å². The molecule has 0 heterocycles. The van der Waals surface area contributed by atoms with Gasteiger partial charge < -0.3 is 0 Å². The van der Waals surface area contributed by atoms with Crippen LogP contribution in [0.2, 0.25) is 0 Å². The summed E-state index contributed by atoms with van der Waals surface area (Å²) in [7, 11) is 0. The third-order valence-electron chi connectivity index (χ3n) is 2.28. The normalized spacial score (nSPS) is 29.6. The van der Waals surface area contributed by atoms with Gasteiger partial charge in [-0.3, -0.25) is 0 Å². The minimum Gasteiger partial charge on any atom is -0.103 e. The molecule has 2 atom stereocenters. The van der Waals surface area contributed by atoms with Crippen LogP contribution in [0.15, 0.2) is 25.3 Å². The van der Waals surface area contributed by atoms with Crippen molar-refractivity contribution in [2.24, 2.45) is 11.8 Å². The first-order chi connectivity index (χ1) is 4.88. The van der Waals surface area contributed by atoms with E-state index in [9.17, 15) is 0 Å². The minimum atomic E-state index is 0.970. The van der Waals surface area contributed by atoms with Gasteiger partial charge in [0.25, 0.3) is 0 Å². The highest BCUT2D eigenvalue weighted by molar-refractivity contribution is 4.91. The van der Waals surface area contributed by atoms with E-state index in [1.165, 1.54) is 25.7 Å². The van der Waals surface area contributed by atoms with Gasteiger partial charge in [-0.25, -0.2) is 0 Å². The largest absolute Gasteiger partial charge is 0.103 e. The van der Waals surface area contributed by atoms with Crippen molar-refractivity contribution in [2.75, 3.05) is 0 Å². The number of hydrogen-bond acceptors (Lipinski definition) is 0. The van der Waals surface area contributed by atoms with Crippen molar-refractivity contribution in [3.8, 4) is 0 Å². The Morgan fingerprint density at radius 2 is 2.00 bits per heavy atom. The molecule has 0 nitrogen and oxygen atoms in total. The predicted molar refractivity (Wildman–Crippen MR) is 45.8 cm³/mol. The second-order valence-electron chi connectivity index (χ2n) is 3.15. The summed E-state index contributed by atoms with van der Waals surface area (Å²) in [6.45, 7) is 7.45. The molecule has 0 radical (unpaired) electrons. The summed E-state index contributed by atoms with van der Waals surface area (Å²) in [5, 5.41) is 0. The molecule has 0 bridgehead atoms. The topological polar surface area (TPSA) is 0 Å². The highest BCUT2D eigenvalue weighted by atomic mass is 14.4. The van der Waals surface area contributed by atoms with Gasteiger partial charge in [0.15, 0.2) is 0 Å². The standard InChI is InChI=1S/C10H16/c1-3-5-7-10-8-9(10)6-4-2/h3-4,9-10H,1-2,5-8H2. The zero-order valence-corrected chi connectivity index (χ0v) is 6.55. The van der Waals surface area contributed by atoms with Crippen molar-refractivity contribution in [1.29, 1.82) is 0 Å². The number of allylic oxidation sites excluding steroid dienone is 2.